The number of anilines is 1. The molecule has 28 heavy (non-hydrogen) atoms. The van der Waals surface area contributed by atoms with Crippen molar-refractivity contribution in [3.63, 3.8) is 0 Å². The molecule has 1 aromatic carbocycles. The Morgan fingerprint density at radius 1 is 1.07 bits per heavy atom. The standard InChI is InChI=1S/C21H29N5O2/c1-4-6-7-12-26-19(27)17-18(23(3)21(26)28)22-20-24(13-14-25(17)20)16-10-8-15(5-2)9-11-16/h8-11,17-18H,4-7,12-14H2,1-3H3. The smallest absolute Gasteiger partial charge is 0.325 e. The van der Waals surface area contributed by atoms with Crippen molar-refractivity contribution >= 4 is 23.6 Å². The van der Waals surface area contributed by atoms with Gasteiger partial charge in [0.1, 0.15) is 0 Å². The van der Waals surface area contributed by atoms with Crippen LogP contribution < -0.4 is 4.90 Å². The number of carbonyl (C=O) groups is 2. The summed E-state index contributed by atoms with van der Waals surface area (Å²) in [4.78, 5) is 38.0. The molecule has 2 atom stereocenters. The van der Waals surface area contributed by atoms with Crippen LogP contribution in [0.25, 0.3) is 0 Å². The van der Waals surface area contributed by atoms with Gasteiger partial charge in [0, 0.05) is 32.4 Å². The molecular formula is C21H29N5O2. The van der Waals surface area contributed by atoms with E-state index in [0.717, 1.165) is 50.4 Å². The lowest BCUT2D eigenvalue weighted by molar-refractivity contribution is -0.137. The first kappa shape index (κ1) is 18.8. The fraction of sp³-hybridized carbons (Fsp3) is 0.571. The number of carbonyl (C=O) groups excluding carboxylic acids is 2. The number of fused-ring (bicyclic) bond motifs is 3. The Morgan fingerprint density at radius 2 is 1.82 bits per heavy atom. The molecule has 2 fully saturated rings. The number of nitrogens with zero attached hydrogens (tertiary/aromatic N) is 5. The van der Waals surface area contributed by atoms with Crippen molar-refractivity contribution in [3.8, 4) is 0 Å². The number of amides is 3. The van der Waals surface area contributed by atoms with E-state index < -0.39 is 12.2 Å². The molecule has 0 spiro atoms. The Morgan fingerprint density at radius 3 is 2.50 bits per heavy atom. The number of likely N-dealkylation sites (N-methyl/N-ethyl adjacent to an activating group) is 1. The fourth-order valence-corrected chi connectivity index (χ4v) is 4.32. The summed E-state index contributed by atoms with van der Waals surface area (Å²) in [5.74, 6) is 0.703. The van der Waals surface area contributed by atoms with Crippen LogP contribution in [0.5, 0.6) is 0 Å². The van der Waals surface area contributed by atoms with Crippen LogP contribution in [0.3, 0.4) is 0 Å². The summed E-state index contributed by atoms with van der Waals surface area (Å²) in [6.45, 7) is 6.29. The lowest BCUT2D eigenvalue weighted by Crippen LogP contribution is -2.64. The van der Waals surface area contributed by atoms with Gasteiger partial charge in [-0.25, -0.2) is 9.79 Å². The molecule has 4 rings (SSSR count). The molecule has 0 saturated carbocycles. The van der Waals surface area contributed by atoms with Crippen molar-refractivity contribution in [1.82, 2.24) is 14.7 Å². The summed E-state index contributed by atoms with van der Waals surface area (Å²) >= 11 is 0. The first-order chi connectivity index (χ1) is 13.6. The van der Waals surface area contributed by atoms with Gasteiger partial charge in [-0.3, -0.25) is 9.69 Å². The predicted molar refractivity (Wildman–Crippen MR) is 109 cm³/mol. The van der Waals surface area contributed by atoms with Crippen LogP contribution in [0.4, 0.5) is 10.5 Å². The van der Waals surface area contributed by atoms with E-state index in [1.54, 1.807) is 11.9 Å². The summed E-state index contributed by atoms with van der Waals surface area (Å²) in [5, 5.41) is 0. The number of unbranched alkanes of at least 4 members (excludes halogenated alkanes) is 2. The summed E-state index contributed by atoms with van der Waals surface area (Å²) in [7, 11) is 1.76. The molecule has 3 aliphatic heterocycles. The highest BCUT2D eigenvalue weighted by Crippen LogP contribution is 2.33. The minimum absolute atomic E-state index is 0.105. The van der Waals surface area contributed by atoms with Crippen LogP contribution in [0, 0.1) is 0 Å². The predicted octanol–water partition coefficient (Wildman–Crippen LogP) is 2.52. The number of hydrogen-bond donors (Lipinski definition) is 0. The van der Waals surface area contributed by atoms with Crippen molar-refractivity contribution in [2.45, 2.75) is 51.7 Å². The number of urea groups is 1. The Hall–Kier alpha value is -2.57. The van der Waals surface area contributed by atoms with E-state index in [2.05, 4.69) is 47.9 Å². The average molecular weight is 383 g/mol. The third-order valence-corrected chi connectivity index (χ3v) is 6.02. The molecule has 7 nitrogen and oxygen atoms in total. The van der Waals surface area contributed by atoms with Gasteiger partial charge in [-0.15, -0.1) is 0 Å². The molecule has 3 heterocycles. The summed E-state index contributed by atoms with van der Waals surface area (Å²) in [6.07, 6.45) is 3.50. The number of hydrogen-bond acceptors (Lipinski definition) is 5. The zero-order chi connectivity index (χ0) is 19.8. The Kier molecular flexibility index (Phi) is 5.00. The van der Waals surface area contributed by atoms with Gasteiger partial charge in [0.15, 0.2) is 12.2 Å². The monoisotopic (exact) mass is 383 g/mol. The second kappa shape index (κ2) is 7.45. The Labute approximate surface area is 166 Å². The molecule has 2 unspecified atom stereocenters. The van der Waals surface area contributed by atoms with Crippen LogP contribution in [-0.2, 0) is 11.2 Å². The highest BCUT2D eigenvalue weighted by atomic mass is 16.2. The highest BCUT2D eigenvalue weighted by molar-refractivity contribution is 6.07. The molecule has 2 saturated heterocycles. The van der Waals surface area contributed by atoms with Crippen molar-refractivity contribution in [3.05, 3.63) is 29.8 Å². The third-order valence-electron chi connectivity index (χ3n) is 6.02. The molecular weight excluding hydrogens is 354 g/mol. The molecule has 0 aliphatic carbocycles. The summed E-state index contributed by atoms with van der Waals surface area (Å²) in [6, 6.07) is 7.86. The molecule has 0 radical (unpaired) electrons. The van der Waals surface area contributed by atoms with Crippen molar-refractivity contribution in [1.29, 1.82) is 0 Å². The van der Waals surface area contributed by atoms with Gasteiger partial charge in [0.05, 0.1) is 0 Å². The molecule has 3 amide bonds. The second-order valence-electron chi connectivity index (χ2n) is 7.74. The van der Waals surface area contributed by atoms with Gasteiger partial charge in [-0.05, 0) is 30.5 Å². The number of aliphatic imine (C=N–C) groups is 1. The van der Waals surface area contributed by atoms with Crippen molar-refractivity contribution in [2.24, 2.45) is 4.99 Å². The maximum Gasteiger partial charge on any atom is 0.328 e. The quantitative estimate of drug-likeness (QED) is 0.709. The van der Waals surface area contributed by atoms with Crippen molar-refractivity contribution < 1.29 is 9.59 Å². The van der Waals surface area contributed by atoms with Gasteiger partial charge in [-0.2, -0.15) is 0 Å². The number of benzene rings is 1. The first-order valence-corrected chi connectivity index (χ1v) is 10.4. The molecule has 0 N–H and O–H groups in total. The van der Waals surface area contributed by atoms with E-state index in [9.17, 15) is 9.59 Å². The van der Waals surface area contributed by atoms with Crippen LogP contribution in [-0.4, -0.2) is 71.5 Å². The van der Waals surface area contributed by atoms with E-state index in [-0.39, 0.29) is 11.9 Å². The number of rotatable bonds is 6. The van der Waals surface area contributed by atoms with Gasteiger partial charge < -0.3 is 14.7 Å². The minimum Gasteiger partial charge on any atom is -0.325 e. The van der Waals surface area contributed by atoms with Crippen LogP contribution >= 0.6 is 0 Å². The normalized spacial score (nSPS) is 24.0. The van der Waals surface area contributed by atoms with Gasteiger partial charge in [0.2, 0.25) is 5.96 Å². The van der Waals surface area contributed by atoms with Gasteiger partial charge in [0.25, 0.3) is 5.91 Å². The average Bonchev–Trinajstić information content (AvgIpc) is 3.28. The molecule has 150 valence electrons. The topological polar surface area (TPSA) is 59.5 Å². The first-order valence-electron chi connectivity index (χ1n) is 10.4. The summed E-state index contributed by atoms with van der Waals surface area (Å²) < 4.78 is 0. The highest BCUT2D eigenvalue weighted by Gasteiger charge is 2.54. The van der Waals surface area contributed by atoms with Crippen LogP contribution in [0.15, 0.2) is 29.3 Å². The maximum absolute atomic E-state index is 13.2. The van der Waals surface area contributed by atoms with Gasteiger partial charge >= 0.3 is 6.03 Å². The minimum atomic E-state index is -0.435. The Bertz CT molecular complexity index is 790. The molecule has 3 aliphatic rings. The molecule has 0 aromatic heterocycles. The third kappa shape index (κ3) is 2.93. The molecule has 1 aromatic rings. The van der Waals surface area contributed by atoms with E-state index >= 15 is 0 Å². The largest absolute Gasteiger partial charge is 0.328 e. The van der Waals surface area contributed by atoms with E-state index in [4.69, 9.17) is 4.99 Å². The number of aryl methyl sites for hydroxylation is 1. The maximum atomic E-state index is 13.2. The molecule has 7 heteroatoms. The second-order valence-corrected chi connectivity index (χ2v) is 7.74. The number of imide groups is 1. The van der Waals surface area contributed by atoms with Crippen LogP contribution in [0.2, 0.25) is 0 Å². The van der Waals surface area contributed by atoms with E-state index in [1.807, 2.05) is 0 Å². The zero-order valence-electron chi connectivity index (χ0n) is 17.0. The lowest BCUT2D eigenvalue weighted by atomic mass is 10.1. The van der Waals surface area contributed by atoms with E-state index in [1.165, 1.54) is 10.5 Å². The SMILES string of the molecule is CCCCCN1C(=O)C2C(N=C3N(c4ccc(CC)cc4)CCN32)N(C)C1=O. The van der Waals surface area contributed by atoms with Crippen LogP contribution in [0.1, 0.15) is 38.7 Å². The Balaban J connectivity index is 1.57. The molecule has 0 bridgehead atoms. The van der Waals surface area contributed by atoms with E-state index in [0.29, 0.717) is 6.54 Å². The lowest BCUT2D eigenvalue weighted by Gasteiger charge is -2.40. The van der Waals surface area contributed by atoms with Gasteiger partial charge in [-0.1, -0.05) is 38.8 Å². The zero-order valence-corrected chi connectivity index (χ0v) is 17.0. The fourth-order valence-electron chi connectivity index (χ4n) is 4.32. The summed E-state index contributed by atoms with van der Waals surface area (Å²) in [5.41, 5.74) is 2.38. The van der Waals surface area contributed by atoms with Crippen molar-refractivity contribution in [2.75, 3.05) is 31.6 Å². The number of guanidine groups is 1.